The lowest BCUT2D eigenvalue weighted by molar-refractivity contribution is -0.152. The van der Waals surface area contributed by atoms with Crippen LogP contribution < -0.4 is 5.32 Å². The van der Waals surface area contributed by atoms with E-state index >= 15 is 0 Å². The van der Waals surface area contributed by atoms with Gasteiger partial charge in [0.1, 0.15) is 12.1 Å². The molecule has 0 aromatic heterocycles. The molecule has 1 saturated heterocycles. The van der Waals surface area contributed by atoms with Crippen molar-refractivity contribution in [2.24, 2.45) is 11.3 Å². The molecule has 0 radical (unpaired) electrons. The Morgan fingerprint density at radius 3 is 2.40 bits per heavy atom. The van der Waals surface area contributed by atoms with Gasteiger partial charge in [-0.15, -0.1) is 0 Å². The second kappa shape index (κ2) is 5.74. The largest absolute Gasteiger partial charge is 0.342 e. The molecule has 0 aromatic rings. The predicted octanol–water partition coefficient (Wildman–Crippen LogP) is 2.33. The maximum atomic E-state index is 12.7. The predicted molar refractivity (Wildman–Crippen MR) is 79.1 cm³/mol. The number of carbonyl (C=O) groups excluding carboxylic acids is 2. The summed E-state index contributed by atoms with van der Waals surface area (Å²) in [5, 5.41) is 2.92. The molecule has 0 aromatic carbocycles. The Balaban J connectivity index is 2.19. The van der Waals surface area contributed by atoms with Crippen LogP contribution in [-0.4, -0.2) is 35.3 Å². The monoisotopic (exact) mass is 280 g/mol. The highest BCUT2D eigenvalue weighted by Crippen LogP contribution is 2.49. The molecular weight excluding hydrogens is 252 g/mol. The summed E-state index contributed by atoms with van der Waals surface area (Å²) in [7, 11) is 0. The molecule has 114 valence electrons. The molecule has 2 unspecified atom stereocenters. The van der Waals surface area contributed by atoms with Crippen molar-refractivity contribution in [1.29, 1.82) is 0 Å². The molecular formula is C16H28N2O2. The van der Waals surface area contributed by atoms with Crippen molar-refractivity contribution in [2.45, 2.75) is 71.9 Å². The third-order valence-electron chi connectivity index (χ3n) is 4.92. The molecule has 0 spiro atoms. The number of rotatable bonds is 6. The Kier molecular flexibility index (Phi) is 4.40. The summed E-state index contributed by atoms with van der Waals surface area (Å²) in [4.78, 5) is 27.0. The lowest BCUT2D eigenvalue weighted by Gasteiger charge is -2.42. The fourth-order valence-electron chi connectivity index (χ4n) is 3.28. The van der Waals surface area contributed by atoms with Gasteiger partial charge in [0.15, 0.2) is 0 Å². The van der Waals surface area contributed by atoms with Gasteiger partial charge < -0.3 is 10.2 Å². The third-order valence-corrected chi connectivity index (χ3v) is 4.92. The number of nitrogens with one attached hydrogen (secondary N) is 1. The molecule has 2 amide bonds. The van der Waals surface area contributed by atoms with E-state index in [0.717, 1.165) is 25.8 Å². The fraction of sp³-hybridized carbons (Fsp3) is 0.875. The van der Waals surface area contributed by atoms with Crippen LogP contribution in [0.25, 0.3) is 0 Å². The Morgan fingerprint density at radius 2 is 1.95 bits per heavy atom. The molecule has 20 heavy (non-hydrogen) atoms. The summed E-state index contributed by atoms with van der Waals surface area (Å²) in [6, 6.07) is -0.602. The van der Waals surface area contributed by atoms with Crippen LogP contribution in [-0.2, 0) is 9.59 Å². The summed E-state index contributed by atoms with van der Waals surface area (Å²) >= 11 is 0. The topological polar surface area (TPSA) is 49.4 Å². The van der Waals surface area contributed by atoms with E-state index in [1.54, 1.807) is 0 Å². The van der Waals surface area contributed by atoms with Gasteiger partial charge in [-0.1, -0.05) is 34.1 Å². The smallest absolute Gasteiger partial charge is 0.245 e. The van der Waals surface area contributed by atoms with Crippen molar-refractivity contribution in [3.05, 3.63) is 0 Å². The third kappa shape index (κ3) is 2.84. The zero-order valence-electron chi connectivity index (χ0n) is 13.2. The van der Waals surface area contributed by atoms with Crippen LogP contribution in [0.2, 0.25) is 0 Å². The van der Waals surface area contributed by atoms with E-state index in [1.807, 2.05) is 25.7 Å². The highest BCUT2D eigenvalue weighted by Gasteiger charge is 2.48. The molecule has 1 aliphatic heterocycles. The van der Waals surface area contributed by atoms with Gasteiger partial charge in [-0.25, -0.2) is 0 Å². The van der Waals surface area contributed by atoms with Crippen LogP contribution >= 0.6 is 0 Å². The highest BCUT2D eigenvalue weighted by atomic mass is 16.2. The quantitative estimate of drug-likeness (QED) is 0.812. The number of carbonyl (C=O) groups is 2. The number of hydrogen-bond donors (Lipinski definition) is 1. The lowest BCUT2D eigenvalue weighted by Crippen LogP contribution is -2.65. The SMILES string of the molecule is CCCC1NC(=O)C(C(C)C)N(CC2(CC)CC2)C1=O. The Morgan fingerprint density at radius 1 is 1.30 bits per heavy atom. The van der Waals surface area contributed by atoms with Crippen molar-refractivity contribution in [3.8, 4) is 0 Å². The first-order chi connectivity index (χ1) is 9.44. The molecule has 0 bridgehead atoms. The number of piperazine rings is 1. The van der Waals surface area contributed by atoms with E-state index in [4.69, 9.17) is 0 Å². The fourth-order valence-corrected chi connectivity index (χ4v) is 3.28. The minimum Gasteiger partial charge on any atom is -0.342 e. The van der Waals surface area contributed by atoms with Crippen molar-refractivity contribution >= 4 is 11.8 Å². The van der Waals surface area contributed by atoms with Crippen LogP contribution in [0.4, 0.5) is 0 Å². The molecule has 1 N–H and O–H groups in total. The lowest BCUT2D eigenvalue weighted by atomic mass is 9.92. The highest BCUT2D eigenvalue weighted by molar-refractivity contribution is 5.97. The number of amides is 2. The van der Waals surface area contributed by atoms with Crippen LogP contribution in [0.15, 0.2) is 0 Å². The summed E-state index contributed by atoms with van der Waals surface area (Å²) in [5.74, 6) is 0.323. The maximum absolute atomic E-state index is 12.7. The van der Waals surface area contributed by atoms with Crippen molar-refractivity contribution < 1.29 is 9.59 Å². The minimum absolute atomic E-state index is 0.0324. The zero-order valence-corrected chi connectivity index (χ0v) is 13.2. The number of hydrogen-bond acceptors (Lipinski definition) is 2. The normalized spacial score (nSPS) is 28.8. The molecule has 1 aliphatic carbocycles. The van der Waals surface area contributed by atoms with E-state index in [9.17, 15) is 9.59 Å². The molecule has 2 aliphatic rings. The summed E-state index contributed by atoms with van der Waals surface area (Å²) in [6.07, 6.45) is 5.14. The molecule has 2 rings (SSSR count). The van der Waals surface area contributed by atoms with Gasteiger partial charge in [0.05, 0.1) is 0 Å². The first-order valence-corrected chi connectivity index (χ1v) is 8.05. The van der Waals surface area contributed by atoms with E-state index in [-0.39, 0.29) is 35.2 Å². The van der Waals surface area contributed by atoms with E-state index in [2.05, 4.69) is 12.2 Å². The standard InChI is InChI=1S/C16H28N2O2/c1-5-7-12-15(20)18(10-16(6-2)8-9-16)13(11(3)4)14(19)17-12/h11-13H,5-10H2,1-4H3,(H,17,19). The molecule has 2 atom stereocenters. The Bertz CT molecular complexity index is 388. The van der Waals surface area contributed by atoms with Gasteiger partial charge >= 0.3 is 0 Å². The van der Waals surface area contributed by atoms with Gasteiger partial charge in [-0.3, -0.25) is 9.59 Å². The first kappa shape index (κ1) is 15.3. The molecule has 1 saturated carbocycles. The minimum atomic E-state index is -0.310. The average molecular weight is 280 g/mol. The zero-order chi connectivity index (χ0) is 14.9. The van der Waals surface area contributed by atoms with E-state index in [0.29, 0.717) is 0 Å². The van der Waals surface area contributed by atoms with Crippen LogP contribution in [0.1, 0.15) is 59.8 Å². The molecule has 4 nitrogen and oxygen atoms in total. The second-order valence-electron chi connectivity index (χ2n) is 6.86. The molecule has 2 fully saturated rings. The van der Waals surface area contributed by atoms with Crippen LogP contribution in [0.5, 0.6) is 0 Å². The first-order valence-electron chi connectivity index (χ1n) is 8.05. The van der Waals surface area contributed by atoms with E-state index < -0.39 is 0 Å². The van der Waals surface area contributed by atoms with Crippen LogP contribution in [0, 0.1) is 11.3 Å². The molecule has 1 heterocycles. The Hall–Kier alpha value is -1.06. The van der Waals surface area contributed by atoms with Crippen molar-refractivity contribution in [3.63, 3.8) is 0 Å². The summed E-state index contributed by atoms with van der Waals surface area (Å²) < 4.78 is 0. The maximum Gasteiger partial charge on any atom is 0.245 e. The van der Waals surface area contributed by atoms with E-state index in [1.165, 1.54) is 12.8 Å². The summed E-state index contributed by atoms with van der Waals surface area (Å²) in [5.41, 5.74) is 0.289. The van der Waals surface area contributed by atoms with Gasteiger partial charge in [0, 0.05) is 6.54 Å². The van der Waals surface area contributed by atoms with Gasteiger partial charge in [-0.05, 0) is 37.0 Å². The second-order valence-corrected chi connectivity index (χ2v) is 6.86. The van der Waals surface area contributed by atoms with Gasteiger partial charge in [0.2, 0.25) is 11.8 Å². The molecule has 4 heteroatoms. The average Bonchev–Trinajstić information content (AvgIpc) is 3.15. The van der Waals surface area contributed by atoms with Crippen molar-refractivity contribution in [1.82, 2.24) is 10.2 Å². The van der Waals surface area contributed by atoms with Crippen molar-refractivity contribution in [2.75, 3.05) is 6.54 Å². The van der Waals surface area contributed by atoms with Gasteiger partial charge in [-0.2, -0.15) is 0 Å². The van der Waals surface area contributed by atoms with Gasteiger partial charge in [0.25, 0.3) is 0 Å². The summed E-state index contributed by atoms with van der Waals surface area (Å²) in [6.45, 7) is 9.05. The Labute approximate surface area is 122 Å². The van der Waals surface area contributed by atoms with Crippen LogP contribution in [0.3, 0.4) is 0 Å². The number of nitrogens with zero attached hydrogens (tertiary/aromatic N) is 1.